The zero-order valence-electron chi connectivity index (χ0n) is 12.7. The first-order valence-corrected chi connectivity index (χ1v) is 8.72. The van der Waals surface area contributed by atoms with Crippen molar-refractivity contribution in [3.63, 3.8) is 0 Å². The molecule has 6 heteroatoms. The number of nitrogens with zero attached hydrogens (tertiary/aromatic N) is 3. The molecule has 118 valence electrons. The second kappa shape index (κ2) is 6.22. The van der Waals surface area contributed by atoms with Crippen LogP contribution in [0.15, 0.2) is 41.5 Å². The lowest BCUT2D eigenvalue weighted by atomic mass is 9.75. The molecule has 0 unspecified atom stereocenters. The molecule has 0 spiro atoms. The Kier molecular flexibility index (Phi) is 3.93. The van der Waals surface area contributed by atoms with E-state index in [9.17, 15) is 0 Å². The second-order valence-corrected chi connectivity index (χ2v) is 6.64. The van der Waals surface area contributed by atoms with Crippen LogP contribution < -0.4 is 5.32 Å². The minimum absolute atomic E-state index is 0.109. The molecule has 5 nitrogen and oxygen atoms in total. The van der Waals surface area contributed by atoms with Crippen LogP contribution in [-0.4, -0.2) is 34.7 Å². The van der Waals surface area contributed by atoms with Gasteiger partial charge in [0.1, 0.15) is 12.1 Å². The Morgan fingerprint density at radius 1 is 1.17 bits per heavy atom. The smallest absolute Gasteiger partial charge is 0.164 e. The third kappa shape index (κ3) is 2.80. The van der Waals surface area contributed by atoms with Gasteiger partial charge >= 0.3 is 0 Å². The van der Waals surface area contributed by atoms with E-state index < -0.39 is 0 Å². The Morgan fingerprint density at radius 3 is 2.91 bits per heavy atom. The second-order valence-electron chi connectivity index (χ2n) is 5.86. The third-order valence-electron chi connectivity index (χ3n) is 4.59. The third-order valence-corrected chi connectivity index (χ3v) is 5.27. The van der Waals surface area contributed by atoms with Crippen molar-refractivity contribution < 1.29 is 4.74 Å². The van der Waals surface area contributed by atoms with Gasteiger partial charge in [0.15, 0.2) is 5.65 Å². The molecule has 3 aromatic rings. The molecule has 0 radical (unpaired) electrons. The molecule has 0 atom stereocenters. The maximum absolute atomic E-state index is 5.59. The van der Waals surface area contributed by atoms with Crippen LogP contribution in [0, 0.1) is 0 Å². The van der Waals surface area contributed by atoms with Crippen LogP contribution in [0.25, 0.3) is 11.0 Å². The van der Waals surface area contributed by atoms with Gasteiger partial charge in [-0.25, -0.2) is 15.0 Å². The Morgan fingerprint density at radius 2 is 2.09 bits per heavy atom. The van der Waals surface area contributed by atoms with Gasteiger partial charge in [0, 0.05) is 31.4 Å². The Hall–Kier alpha value is -2.05. The number of aromatic nitrogens is 3. The van der Waals surface area contributed by atoms with Crippen molar-refractivity contribution in [2.75, 3.05) is 25.1 Å². The molecule has 0 bridgehead atoms. The predicted molar refractivity (Wildman–Crippen MR) is 91.9 cm³/mol. The fourth-order valence-corrected chi connectivity index (χ4v) is 3.96. The van der Waals surface area contributed by atoms with Crippen molar-refractivity contribution in [3.05, 3.63) is 47.0 Å². The van der Waals surface area contributed by atoms with Gasteiger partial charge in [-0.05, 0) is 47.4 Å². The zero-order chi connectivity index (χ0) is 15.5. The summed E-state index contributed by atoms with van der Waals surface area (Å²) in [4.78, 5) is 12.9. The van der Waals surface area contributed by atoms with Crippen molar-refractivity contribution in [1.82, 2.24) is 15.0 Å². The summed E-state index contributed by atoms with van der Waals surface area (Å²) in [7, 11) is 0. The van der Waals surface area contributed by atoms with E-state index in [0.717, 1.165) is 49.5 Å². The number of anilines is 1. The number of fused-ring (bicyclic) bond motifs is 1. The summed E-state index contributed by atoms with van der Waals surface area (Å²) >= 11 is 1.75. The maximum atomic E-state index is 5.59. The highest BCUT2D eigenvalue weighted by atomic mass is 32.1. The number of pyridine rings is 1. The van der Waals surface area contributed by atoms with Crippen LogP contribution in [0.4, 0.5) is 5.82 Å². The van der Waals surface area contributed by atoms with Gasteiger partial charge in [-0.15, -0.1) is 0 Å². The largest absolute Gasteiger partial charge is 0.381 e. The molecule has 4 rings (SSSR count). The Bertz CT molecular complexity index is 779. The molecular formula is C17H18N4OS. The molecule has 1 fully saturated rings. The van der Waals surface area contributed by atoms with Crippen molar-refractivity contribution in [1.29, 1.82) is 0 Å². The summed E-state index contributed by atoms with van der Waals surface area (Å²) in [5.74, 6) is 0.851. The van der Waals surface area contributed by atoms with E-state index in [1.165, 1.54) is 5.56 Å². The van der Waals surface area contributed by atoms with E-state index >= 15 is 0 Å². The molecule has 0 aliphatic carbocycles. The van der Waals surface area contributed by atoms with Crippen molar-refractivity contribution in [3.8, 4) is 0 Å². The fourth-order valence-electron chi connectivity index (χ4n) is 3.19. The van der Waals surface area contributed by atoms with Gasteiger partial charge in [-0.1, -0.05) is 0 Å². The van der Waals surface area contributed by atoms with Crippen LogP contribution in [0.5, 0.6) is 0 Å². The van der Waals surface area contributed by atoms with Crippen LogP contribution in [0.3, 0.4) is 0 Å². The minimum atomic E-state index is 0.109. The molecule has 1 aliphatic heterocycles. The highest BCUT2D eigenvalue weighted by molar-refractivity contribution is 7.08. The molecule has 23 heavy (non-hydrogen) atoms. The van der Waals surface area contributed by atoms with E-state index in [-0.39, 0.29) is 5.41 Å². The molecule has 4 heterocycles. The average molecular weight is 326 g/mol. The predicted octanol–water partition coefficient (Wildman–Crippen LogP) is 3.25. The molecule has 0 aromatic carbocycles. The summed E-state index contributed by atoms with van der Waals surface area (Å²) in [5, 5.41) is 8.91. The molecule has 3 aromatic heterocycles. The average Bonchev–Trinajstić information content (AvgIpc) is 3.16. The first-order chi connectivity index (χ1) is 11.4. The first kappa shape index (κ1) is 14.5. The standard InChI is InChI=1S/C17H18N4OS/c1-2-14-15(18-6-1)20-12-21-16(14)19-11-17(4-7-22-8-5-17)13-3-9-23-10-13/h1-3,6,9-10,12H,4-5,7-8,11H2,(H,18,19,20,21). The summed E-state index contributed by atoms with van der Waals surface area (Å²) in [6.45, 7) is 2.46. The summed E-state index contributed by atoms with van der Waals surface area (Å²) in [6, 6.07) is 6.16. The van der Waals surface area contributed by atoms with Gasteiger partial charge in [0.25, 0.3) is 0 Å². The Labute approximate surface area is 138 Å². The van der Waals surface area contributed by atoms with Gasteiger partial charge in [-0.2, -0.15) is 11.3 Å². The van der Waals surface area contributed by atoms with E-state index in [1.807, 2.05) is 12.1 Å². The van der Waals surface area contributed by atoms with Crippen LogP contribution in [0.2, 0.25) is 0 Å². The number of ether oxygens (including phenoxy) is 1. The first-order valence-electron chi connectivity index (χ1n) is 7.77. The lowest BCUT2D eigenvalue weighted by molar-refractivity contribution is 0.0545. The maximum Gasteiger partial charge on any atom is 0.164 e. The molecular weight excluding hydrogens is 308 g/mol. The highest BCUT2D eigenvalue weighted by Gasteiger charge is 2.34. The number of hydrogen-bond donors (Lipinski definition) is 1. The van der Waals surface area contributed by atoms with Crippen molar-refractivity contribution in [2.45, 2.75) is 18.3 Å². The minimum Gasteiger partial charge on any atom is -0.381 e. The summed E-state index contributed by atoms with van der Waals surface area (Å²) in [6.07, 6.45) is 5.37. The number of nitrogens with one attached hydrogen (secondary N) is 1. The molecule has 0 amide bonds. The monoisotopic (exact) mass is 326 g/mol. The zero-order valence-corrected chi connectivity index (χ0v) is 13.6. The number of hydrogen-bond acceptors (Lipinski definition) is 6. The van der Waals surface area contributed by atoms with Gasteiger partial charge in [0.05, 0.1) is 5.39 Å². The molecule has 0 saturated carbocycles. The van der Waals surface area contributed by atoms with Crippen molar-refractivity contribution >= 4 is 28.2 Å². The van der Waals surface area contributed by atoms with E-state index in [2.05, 4.69) is 37.1 Å². The van der Waals surface area contributed by atoms with Crippen molar-refractivity contribution in [2.24, 2.45) is 0 Å². The fraction of sp³-hybridized carbons (Fsp3) is 0.353. The van der Waals surface area contributed by atoms with E-state index in [4.69, 9.17) is 4.74 Å². The molecule has 1 N–H and O–H groups in total. The number of rotatable bonds is 4. The van der Waals surface area contributed by atoms with Gasteiger partial charge < -0.3 is 10.1 Å². The van der Waals surface area contributed by atoms with Crippen LogP contribution in [-0.2, 0) is 10.2 Å². The van der Waals surface area contributed by atoms with Crippen LogP contribution >= 0.6 is 11.3 Å². The SMILES string of the molecule is c1cnc2ncnc(NCC3(c4ccsc4)CCOCC3)c2c1. The van der Waals surface area contributed by atoms with Gasteiger partial charge in [-0.3, -0.25) is 0 Å². The van der Waals surface area contributed by atoms with Crippen LogP contribution in [0.1, 0.15) is 18.4 Å². The normalized spacial score (nSPS) is 17.2. The quantitative estimate of drug-likeness (QED) is 0.797. The Balaban J connectivity index is 1.63. The summed E-state index contributed by atoms with van der Waals surface area (Å²) < 4.78 is 5.59. The molecule has 1 saturated heterocycles. The van der Waals surface area contributed by atoms with E-state index in [0.29, 0.717) is 0 Å². The number of thiophene rings is 1. The lowest BCUT2D eigenvalue weighted by Gasteiger charge is -2.37. The molecule has 1 aliphatic rings. The van der Waals surface area contributed by atoms with Gasteiger partial charge in [0.2, 0.25) is 0 Å². The topological polar surface area (TPSA) is 59.9 Å². The lowest BCUT2D eigenvalue weighted by Crippen LogP contribution is -2.39. The summed E-state index contributed by atoms with van der Waals surface area (Å²) in [5.41, 5.74) is 2.23. The van der Waals surface area contributed by atoms with E-state index in [1.54, 1.807) is 23.9 Å². The highest BCUT2D eigenvalue weighted by Crippen LogP contribution is 2.36.